The molecule has 0 atom stereocenters. The third kappa shape index (κ3) is 1.92. The van der Waals surface area contributed by atoms with Gasteiger partial charge in [0.2, 0.25) is 5.91 Å². The van der Waals surface area contributed by atoms with E-state index in [9.17, 15) is 4.79 Å². The zero-order valence-corrected chi connectivity index (χ0v) is 11.0. The van der Waals surface area contributed by atoms with Gasteiger partial charge >= 0.3 is 0 Å². The number of nitrogens with two attached hydrogens (primary N) is 1. The molecular weight excluding hydrogens is 224 g/mol. The number of carbonyl (C=O) groups excluding carboxylic acids is 1. The predicted octanol–water partition coefficient (Wildman–Crippen LogP) is 2.34. The molecule has 94 valence electrons. The van der Waals surface area contributed by atoms with Gasteiger partial charge in [0, 0.05) is 29.9 Å². The van der Waals surface area contributed by atoms with Crippen molar-refractivity contribution in [1.29, 1.82) is 0 Å². The van der Waals surface area contributed by atoms with Crippen LogP contribution in [0.2, 0.25) is 0 Å². The van der Waals surface area contributed by atoms with Crippen LogP contribution < -0.4 is 10.6 Å². The minimum absolute atomic E-state index is 0.0622. The Morgan fingerprint density at radius 2 is 2.00 bits per heavy atom. The third-order valence-electron chi connectivity index (χ3n) is 3.46. The molecule has 1 aliphatic rings. The number of likely N-dealkylation sites (N-methyl/N-ethyl adjacent to an activating group) is 1. The van der Waals surface area contributed by atoms with Crippen LogP contribution in [0, 0.1) is 0 Å². The number of anilines is 1. The van der Waals surface area contributed by atoms with Gasteiger partial charge in [-0.1, -0.05) is 38.1 Å². The second-order valence-corrected chi connectivity index (χ2v) is 5.01. The number of amides is 1. The van der Waals surface area contributed by atoms with Crippen LogP contribution in [0.5, 0.6) is 0 Å². The second-order valence-electron chi connectivity index (χ2n) is 5.01. The molecule has 3 nitrogen and oxygen atoms in total. The fraction of sp³-hybridized carbons (Fsp3) is 0.267. The third-order valence-corrected chi connectivity index (χ3v) is 3.46. The van der Waals surface area contributed by atoms with Gasteiger partial charge in [0.25, 0.3) is 0 Å². The topological polar surface area (TPSA) is 46.3 Å². The largest absolute Gasteiger partial charge is 0.366 e. The average molecular weight is 242 g/mol. The summed E-state index contributed by atoms with van der Waals surface area (Å²) in [6, 6.07) is 8.34. The molecule has 0 aliphatic carbocycles. The van der Waals surface area contributed by atoms with Crippen LogP contribution in [0.4, 0.5) is 5.69 Å². The Kier molecular flexibility index (Phi) is 2.99. The molecule has 3 heteroatoms. The molecule has 1 aromatic carbocycles. The zero-order chi connectivity index (χ0) is 13.3. The number of nitrogens with zero attached hydrogens (tertiary/aromatic N) is 1. The summed E-state index contributed by atoms with van der Waals surface area (Å²) in [6.07, 6.45) is 5.03. The van der Waals surface area contributed by atoms with Gasteiger partial charge < -0.3 is 10.6 Å². The summed E-state index contributed by atoms with van der Waals surface area (Å²) in [6.45, 7) is 4.36. The Morgan fingerprint density at radius 3 is 2.61 bits per heavy atom. The predicted molar refractivity (Wildman–Crippen MR) is 74.3 cm³/mol. The van der Waals surface area contributed by atoms with Gasteiger partial charge in [-0.2, -0.15) is 0 Å². The first-order valence-corrected chi connectivity index (χ1v) is 5.96. The van der Waals surface area contributed by atoms with Crippen molar-refractivity contribution in [2.45, 2.75) is 19.3 Å². The van der Waals surface area contributed by atoms with E-state index >= 15 is 0 Å². The summed E-state index contributed by atoms with van der Waals surface area (Å²) in [5, 5.41) is 0. The maximum atomic E-state index is 10.7. The smallest absolute Gasteiger partial charge is 0.241 e. The average Bonchev–Trinajstić information content (AvgIpc) is 2.50. The van der Waals surface area contributed by atoms with Crippen LogP contribution in [0.25, 0.3) is 0 Å². The molecule has 0 unspecified atom stereocenters. The Hall–Kier alpha value is -2.03. The van der Waals surface area contributed by atoms with E-state index in [0.29, 0.717) is 0 Å². The van der Waals surface area contributed by atoms with E-state index < -0.39 is 5.91 Å². The fourth-order valence-corrected chi connectivity index (χ4v) is 2.54. The second kappa shape index (κ2) is 4.33. The van der Waals surface area contributed by atoms with Crippen molar-refractivity contribution in [2.75, 3.05) is 11.9 Å². The summed E-state index contributed by atoms with van der Waals surface area (Å²) < 4.78 is 0. The summed E-state index contributed by atoms with van der Waals surface area (Å²) in [5.74, 6) is -0.428. The maximum Gasteiger partial charge on any atom is 0.241 e. The van der Waals surface area contributed by atoms with E-state index in [1.807, 2.05) is 19.2 Å². The molecule has 0 radical (unpaired) electrons. The lowest BCUT2D eigenvalue weighted by Crippen LogP contribution is -2.22. The van der Waals surface area contributed by atoms with Crippen molar-refractivity contribution in [2.24, 2.45) is 5.73 Å². The molecule has 0 aromatic heterocycles. The molecule has 1 aliphatic heterocycles. The molecule has 0 saturated carbocycles. The Bertz CT molecular complexity index is 541. The fourth-order valence-electron chi connectivity index (χ4n) is 2.54. The van der Waals surface area contributed by atoms with Crippen LogP contribution in [-0.4, -0.2) is 13.0 Å². The molecule has 2 N–H and O–H groups in total. The van der Waals surface area contributed by atoms with Crippen LogP contribution in [0.15, 0.2) is 48.2 Å². The van der Waals surface area contributed by atoms with E-state index in [1.54, 1.807) is 6.08 Å². The molecule has 1 aromatic rings. The molecule has 0 spiro atoms. The quantitative estimate of drug-likeness (QED) is 0.809. The lowest BCUT2D eigenvalue weighted by atomic mass is 9.84. The van der Waals surface area contributed by atoms with Gasteiger partial charge in [-0.3, -0.25) is 4.79 Å². The maximum absolute atomic E-state index is 10.7. The molecule has 2 rings (SSSR count). The van der Waals surface area contributed by atoms with Crippen LogP contribution in [-0.2, 0) is 10.2 Å². The lowest BCUT2D eigenvalue weighted by molar-refractivity contribution is -0.113. The highest BCUT2D eigenvalue weighted by atomic mass is 16.1. The van der Waals surface area contributed by atoms with Crippen molar-refractivity contribution < 1.29 is 4.79 Å². The van der Waals surface area contributed by atoms with Crippen molar-refractivity contribution in [3.05, 3.63) is 53.8 Å². The first kappa shape index (κ1) is 12.4. The number of para-hydroxylation sites is 1. The summed E-state index contributed by atoms with van der Waals surface area (Å²) >= 11 is 0. The Labute approximate surface area is 108 Å². The number of rotatable bonds is 2. The highest BCUT2D eigenvalue weighted by molar-refractivity contribution is 5.86. The Morgan fingerprint density at radius 1 is 1.33 bits per heavy atom. The molecule has 1 heterocycles. The number of fused-ring (bicyclic) bond motifs is 1. The molecule has 0 saturated heterocycles. The van der Waals surface area contributed by atoms with Gasteiger partial charge in [-0.05, 0) is 17.7 Å². The first-order valence-electron chi connectivity index (χ1n) is 5.96. The monoisotopic (exact) mass is 242 g/mol. The normalized spacial score (nSPS) is 19.5. The highest BCUT2D eigenvalue weighted by Crippen LogP contribution is 2.46. The Balaban J connectivity index is 2.44. The van der Waals surface area contributed by atoms with Crippen LogP contribution in [0.3, 0.4) is 0 Å². The van der Waals surface area contributed by atoms with E-state index in [-0.39, 0.29) is 5.41 Å². The number of allylic oxidation sites excluding steroid dienone is 3. The number of benzene rings is 1. The SMILES string of the molecule is CN1/C(=C/C=C\C(N)=O)C(C)(C)c2ccccc21. The molecule has 1 amide bonds. The minimum atomic E-state index is -0.428. The van der Waals surface area contributed by atoms with Crippen molar-refractivity contribution in [3.63, 3.8) is 0 Å². The van der Waals surface area contributed by atoms with Crippen LogP contribution in [0.1, 0.15) is 19.4 Å². The first-order chi connectivity index (χ1) is 8.44. The standard InChI is InChI=1S/C15H18N2O/c1-15(2)11-7-4-5-8-12(11)17(3)13(15)9-6-10-14(16)18/h4-10H,1-3H3,(H2,16,18)/b10-6-,13-9+. The molecule has 0 bridgehead atoms. The van der Waals surface area contributed by atoms with Gasteiger partial charge in [-0.15, -0.1) is 0 Å². The number of hydrogen-bond acceptors (Lipinski definition) is 2. The molecule has 18 heavy (non-hydrogen) atoms. The van der Waals surface area contributed by atoms with Gasteiger partial charge in [0.05, 0.1) is 0 Å². The number of carbonyl (C=O) groups is 1. The highest BCUT2D eigenvalue weighted by Gasteiger charge is 2.37. The zero-order valence-electron chi connectivity index (χ0n) is 11.0. The van der Waals surface area contributed by atoms with E-state index in [1.165, 1.54) is 17.3 Å². The summed E-state index contributed by atoms with van der Waals surface area (Å²) in [7, 11) is 2.04. The van der Waals surface area contributed by atoms with Gasteiger partial charge in [0.1, 0.15) is 0 Å². The molecule has 0 fully saturated rings. The summed E-state index contributed by atoms with van der Waals surface area (Å²) in [4.78, 5) is 12.9. The van der Waals surface area contributed by atoms with Crippen molar-refractivity contribution in [3.8, 4) is 0 Å². The van der Waals surface area contributed by atoms with Crippen molar-refractivity contribution >= 4 is 11.6 Å². The molecular formula is C15H18N2O. The van der Waals surface area contributed by atoms with Gasteiger partial charge in [-0.25, -0.2) is 0 Å². The van der Waals surface area contributed by atoms with Crippen molar-refractivity contribution in [1.82, 2.24) is 0 Å². The minimum Gasteiger partial charge on any atom is -0.366 e. The van der Waals surface area contributed by atoms with Gasteiger partial charge in [0.15, 0.2) is 0 Å². The summed E-state index contributed by atoms with van der Waals surface area (Å²) in [5.41, 5.74) is 8.69. The van der Waals surface area contributed by atoms with E-state index in [2.05, 4.69) is 36.9 Å². The number of primary amides is 1. The van der Waals surface area contributed by atoms with E-state index in [0.717, 1.165) is 5.70 Å². The van der Waals surface area contributed by atoms with Crippen LogP contribution >= 0.6 is 0 Å². The lowest BCUT2D eigenvalue weighted by Gasteiger charge is -2.23. The number of hydrogen-bond donors (Lipinski definition) is 1. The van der Waals surface area contributed by atoms with E-state index in [4.69, 9.17) is 5.73 Å².